The predicted octanol–water partition coefficient (Wildman–Crippen LogP) is 2.06. The van der Waals surface area contributed by atoms with E-state index in [1.54, 1.807) is 6.33 Å². The lowest BCUT2D eigenvalue weighted by Gasteiger charge is -2.04. The van der Waals surface area contributed by atoms with E-state index in [9.17, 15) is 0 Å². The molecule has 0 aromatic carbocycles. The number of hydrogen-bond donors (Lipinski definition) is 0. The third-order valence-electron chi connectivity index (χ3n) is 2.20. The number of pyridine rings is 1. The Labute approximate surface area is 89.0 Å². The van der Waals surface area contributed by atoms with E-state index in [4.69, 9.17) is 0 Å². The normalized spacial score (nSPS) is 10.5. The maximum atomic E-state index is 4.44. The summed E-state index contributed by atoms with van der Waals surface area (Å²) < 4.78 is 2.03. The number of aryl methyl sites for hydroxylation is 2. The van der Waals surface area contributed by atoms with Crippen LogP contribution in [-0.4, -0.2) is 19.7 Å². The minimum absolute atomic E-state index is 0.848. The maximum Gasteiger partial charge on any atom is 0.182 e. The van der Waals surface area contributed by atoms with Gasteiger partial charge in [0.15, 0.2) is 5.82 Å². The molecular weight excluding hydrogens is 188 g/mol. The van der Waals surface area contributed by atoms with E-state index in [-0.39, 0.29) is 0 Å². The highest BCUT2D eigenvalue weighted by Gasteiger charge is 2.07. The van der Waals surface area contributed by atoms with Crippen LogP contribution in [0, 0.1) is 6.92 Å². The van der Waals surface area contributed by atoms with E-state index in [2.05, 4.69) is 22.1 Å². The molecule has 0 saturated heterocycles. The predicted molar refractivity (Wildman–Crippen MR) is 58.3 cm³/mol. The van der Waals surface area contributed by atoms with Crippen molar-refractivity contribution in [3.63, 3.8) is 0 Å². The van der Waals surface area contributed by atoms with Crippen LogP contribution in [-0.2, 0) is 6.54 Å². The molecule has 15 heavy (non-hydrogen) atoms. The fraction of sp³-hybridized carbons (Fsp3) is 0.364. The van der Waals surface area contributed by atoms with Crippen LogP contribution in [0.15, 0.2) is 24.5 Å². The zero-order valence-electron chi connectivity index (χ0n) is 9.01. The van der Waals surface area contributed by atoms with Crippen molar-refractivity contribution in [1.29, 1.82) is 0 Å². The van der Waals surface area contributed by atoms with Crippen LogP contribution in [0.25, 0.3) is 11.5 Å². The Hall–Kier alpha value is -1.71. The summed E-state index contributed by atoms with van der Waals surface area (Å²) in [6.45, 7) is 5.04. The van der Waals surface area contributed by atoms with Gasteiger partial charge in [-0.05, 0) is 25.5 Å². The summed E-state index contributed by atoms with van der Waals surface area (Å²) in [5.74, 6) is 0.848. The molecule has 0 fully saturated rings. The van der Waals surface area contributed by atoms with Crippen LogP contribution in [0.4, 0.5) is 0 Å². The zero-order chi connectivity index (χ0) is 10.7. The van der Waals surface area contributed by atoms with E-state index in [1.807, 2.05) is 29.7 Å². The first-order valence-electron chi connectivity index (χ1n) is 5.13. The van der Waals surface area contributed by atoms with Crippen molar-refractivity contribution < 1.29 is 0 Å². The monoisotopic (exact) mass is 202 g/mol. The SMILES string of the molecule is CCCn1cnnc1-c1cccc(C)n1. The first-order valence-corrected chi connectivity index (χ1v) is 5.13. The number of nitrogens with zero attached hydrogens (tertiary/aromatic N) is 4. The van der Waals surface area contributed by atoms with Gasteiger partial charge in [-0.15, -0.1) is 10.2 Å². The van der Waals surface area contributed by atoms with Crippen LogP contribution >= 0.6 is 0 Å². The zero-order valence-corrected chi connectivity index (χ0v) is 9.01. The summed E-state index contributed by atoms with van der Waals surface area (Å²) in [4.78, 5) is 4.44. The highest BCUT2D eigenvalue weighted by Crippen LogP contribution is 2.14. The summed E-state index contributed by atoms with van der Waals surface area (Å²) in [6.07, 6.45) is 2.82. The minimum atomic E-state index is 0.848. The molecule has 4 nitrogen and oxygen atoms in total. The molecule has 0 radical (unpaired) electrons. The summed E-state index contributed by atoms with van der Waals surface area (Å²) in [5.41, 5.74) is 1.89. The molecular formula is C11H14N4. The molecule has 0 aliphatic rings. The van der Waals surface area contributed by atoms with E-state index in [1.165, 1.54) is 0 Å². The Balaban J connectivity index is 2.40. The first kappa shape index (κ1) is 9.83. The quantitative estimate of drug-likeness (QED) is 0.765. The molecule has 2 rings (SSSR count). The van der Waals surface area contributed by atoms with Crippen molar-refractivity contribution in [1.82, 2.24) is 19.7 Å². The molecule has 0 amide bonds. The molecule has 0 bridgehead atoms. The lowest BCUT2D eigenvalue weighted by molar-refractivity contribution is 0.681. The summed E-state index contributed by atoms with van der Waals surface area (Å²) in [7, 11) is 0. The fourth-order valence-electron chi connectivity index (χ4n) is 1.53. The topological polar surface area (TPSA) is 43.6 Å². The van der Waals surface area contributed by atoms with E-state index in [0.717, 1.165) is 30.2 Å². The standard InChI is InChI=1S/C11H14N4/c1-3-7-15-8-12-14-11(15)10-6-4-5-9(2)13-10/h4-6,8H,3,7H2,1-2H3. The second kappa shape index (κ2) is 4.21. The van der Waals surface area contributed by atoms with Crippen LogP contribution in [0.2, 0.25) is 0 Å². The van der Waals surface area contributed by atoms with Gasteiger partial charge in [-0.1, -0.05) is 13.0 Å². The van der Waals surface area contributed by atoms with Crippen molar-refractivity contribution in [3.05, 3.63) is 30.2 Å². The van der Waals surface area contributed by atoms with Crippen molar-refractivity contribution in [2.45, 2.75) is 26.8 Å². The third-order valence-corrected chi connectivity index (χ3v) is 2.20. The molecule has 0 aliphatic heterocycles. The molecule has 0 unspecified atom stereocenters. The highest BCUT2D eigenvalue weighted by molar-refractivity contribution is 5.48. The second-order valence-corrected chi connectivity index (χ2v) is 3.51. The molecule has 0 N–H and O–H groups in total. The number of aromatic nitrogens is 4. The average Bonchev–Trinajstić information content (AvgIpc) is 2.66. The van der Waals surface area contributed by atoms with E-state index in [0.29, 0.717) is 0 Å². The molecule has 4 heteroatoms. The molecule has 0 spiro atoms. The number of rotatable bonds is 3. The van der Waals surface area contributed by atoms with Gasteiger partial charge in [-0.25, -0.2) is 4.98 Å². The van der Waals surface area contributed by atoms with Gasteiger partial charge in [0.1, 0.15) is 12.0 Å². The smallest absolute Gasteiger partial charge is 0.182 e. The molecule has 78 valence electrons. The van der Waals surface area contributed by atoms with E-state index >= 15 is 0 Å². The third kappa shape index (κ3) is 2.03. The van der Waals surface area contributed by atoms with Crippen molar-refractivity contribution in [3.8, 4) is 11.5 Å². The van der Waals surface area contributed by atoms with Crippen LogP contribution < -0.4 is 0 Å². The Morgan fingerprint density at radius 2 is 2.20 bits per heavy atom. The highest BCUT2D eigenvalue weighted by atomic mass is 15.3. The van der Waals surface area contributed by atoms with Crippen LogP contribution in [0.5, 0.6) is 0 Å². The van der Waals surface area contributed by atoms with Gasteiger partial charge in [0, 0.05) is 12.2 Å². The Morgan fingerprint density at radius 1 is 1.33 bits per heavy atom. The Morgan fingerprint density at radius 3 is 2.93 bits per heavy atom. The van der Waals surface area contributed by atoms with Gasteiger partial charge in [0.05, 0.1) is 0 Å². The molecule has 0 atom stereocenters. The molecule has 0 aliphatic carbocycles. The fourth-order valence-corrected chi connectivity index (χ4v) is 1.53. The van der Waals surface area contributed by atoms with Gasteiger partial charge in [0.25, 0.3) is 0 Å². The van der Waals surface area contributed by atoms with Crippen molar-refractivity contribution in [2.24, 2.45) is 0 Å². The van der Waals surface area contributed by atoms with Gasteiger partial charge in [0.2, 0.25) is 0 Å². The lowest BCUT2D eigenvalue weighted by atomic mass is 10.3. The van der Waals surface area contributed by atoms with Gasteiger partial charge in [-0.2, -0.15) is 0 Å². The van der Waals surface area contributed by atoms with Gasteiger partial charge >= 0.3 is 0 Å². The van der Waals surface area contributed by atoms with E-state index < -0.39 is 0 Å². The average molecular weight is 202 g/mol. The lowest BCUT2D eigenvalue weighted by Crippen LogP contribution is -2.00. The molecule has 2 aromatic rings. The molecule has 2 aromatic heterocycles. The van der Waals surface area contributed by atoms with Crippen LogP contribution in [0.1, 0.15) is 19.0 Å². The Bertz CT molecular complexity index is 447. The summed E-state index contributed by atoms with van der Waals surface area (Å²) in [5, 5.41) is 8.02. The molecule has 0 saturated carbocycles. The van der Waals surface area contributed by atoms with Crippen LogP contribution in [0.3, 0.4) is 0 Å². The first-order chi connectivity index (χ1) is 7.31. The summed E-state index contributed by atoms with van der Waals surface area (Å²) >= 11 is 0. The van der Waals surface area contributed by atoms with Gasteiger partial charge in [-0.3, -0.25) is 0 Å². The largest absolute Gasteiger partial charge is 0.312 e. The maximum absolute atomic E-state index is 4.44. The van der Waals surface area contributed by atoms with Crippen molar-refractivity contribution >= 4 is 0 Å². The number of hydrogen-bond acceptors (Lipinski definition) is 3. The Kier molecular flexibility index (Phi) is 2.76. The summed E-state index contributed by atoms with van der Waals surface area (Å²) in [6, 6.07) is 5.93. The minimum Gasteiger partial charge on any atom is -0.312 e. The second-order valence-electron chi connectivity index (χ2n) is 3.51. The van der Waals surface area contributed by atoms with Gasteiger partial charge < -0.3 is 4.57 Å². The van der Waals surface area contributed by atoms with Crippen molar-refractivity contribution in [2.75, 3.05) is 0 Å². The molecule has 2 heterocycles.